The van der Waals surface area contributed by atoms with Gasteiger partial charge in [0.1, 0.15) is 11.5 Å². The lowest BCUT2D eigenvalue weighted by molar-refractivity contribution is -0.117. The third-order valence-electron chi connectivity index (χ3n) is 4.86. The van der Waals surface area contributed by atoms with E-state index in [-0.39, 0.29) is 11.5 Å². The number of para-hydroxylation sites is 3. The molecule has 184 valence electrons. The highest BCUT2D eigenvalue weighted by Gasteiger charge is 2.21. The Hall–Kier alpha value is -3.35. The van der Waals surface area contributed by atoms with Crippen LogP contribution in [0.3, 0.4) is 0 Å². The van der Waals surface area contributed by atoms with Crippen LogP contribution in [0.1, 0.15) is 0 Å². The fourth-order valence-corrected chi connectivity index (χ4v) is 5.26. The predicted octanol–water partition coefficient (Wildman–Crippen LogP) is 5.61. The van der Waals surface area contributed by atoms with E-state index < -0.39 is 11.9 Å². The van der Waals surface area contributed by atoms with E-state index in [4.69, 9.17) is 4.74 Å². The molecule has 0 bridgehead atoms. The number of hydrogen-bond donors (Lipinski definition) is 3. The third kappa shape index (κ3) is 5.89. The Kier molecular flexibility index (Phi) is 8.28. The fraction of sp³-hybridized carbons (Fsp3) is 0.0833. The maximum Gasteiger partial charge on any atom is 0.326 e. The summed E-state index contributed by atoms with van der Waals surface area (Å²) in [6, 6.07) is 19.0. The van der Waals surface area contributed by atoms with Gasteiger partial charge in [-0.3, -0.25) is 14.7 Å². The number of imide groups is 1. The zero-order valence-electron chi connectivity index (χ0n) is 18.7. The molecule has 0 saturated heterocycles. The first-order valence-corrected chi connectivity index (χ1v) is 13.0. The van der Waals surface area contributed by atoms with Gasteiger partial charge in [-0.25, -0.2) is 4.79 Å². The molecule has 0 radical (unpaired) electrons. The van der Waals surface area contributed by atoms with Crippen LogP contribution in [0.4, 0.5) is 10.5 Å². The van der Waals surface area contributed by atoms with E-state index >= 15 is 0 Å². The van der Waals surface area contributed by atoms with Gasteiger partial charge in [0.05, 0.1) is 28.6 Å². The molecule has 0 aliphatic rings. The number of nitrogens with one attached hydrogen (secondary N) is 2. The number of nitrogens with zero attached hydrogens (tertiary/aromatic N) is 3. The number of methoxy groups -OCH3 is 1. The average molecular weight is 633 g/mol. The maximum atomic E-state index is 12.5. The predicted molar refractivity (Wildman–Crippen MR) is 145 cm³/mol. The van der Waals surface area contributed by atoms with Gasteiger partial charge < -0.3 is 15.2 Å². The van der Waals surface area contributed by atoms with Gasteiger partial charge in [-0.05, 0) is 52.3 Å². The van der Waals surface area contributed by atoms with Crippen LogP contribution in [0.25, 0.3) is 17.1 Å². The summed E-state index contributed by atoms with van der Waals surface area (Å²) in [6.07, 6.45) is 0. The normalized spacial score (nSPS) is 10.6. The van der Waals surface area contributed by atoms with Gasteiger partial charge in [-0.1, -0.05) is 58.0 Å². The fourth-order valence-electron chi connectivity index (χ4n) is 3.28. The van der Waals surface area contributed by atoms with E-state index in [0.29, 0.717) is 32.5 Å². The number of thioether (sulfide) groups is 1. The maximum absolute atomic E-state index is 12.5. The molecule has 0 atom stereocenters. The van der Waals surface area contributed by atoms with Crippen molar-refractivity contribution in [3.63, 3.8) is 0 Å². The molecule has 9 nitrogen and oxygen atoms in total. The summed E-state index contributed by atoms with van der Waals surface area (Å²) in [4.78, 5) is 24.8. The second-order valence-electron chi connectivity index (χ2n) is 7.25. The molecule has 0 saturated carbocycles. The first kappa shape index (κ1) is 25.7. The molecule has 0 unspecified atom stereocenters. The third-order valence-corrected chi connectivity index (χ3v) is 6.85. The summed E-state index contributed by atoms with van der Waals surface area (Å²) in [5, 5.41) is 24.5. The summed E-state index contributed by atoms with van der Waals surface area (Å²) in [5.41, 5.74) is 1.62. The van der Waals surface area contributed by atoms with Crippen LogP contribution >= 0.6 is 43.6 Å². The van der Waals surface area contributed by atoms with Crippen molar-refractivity contribution < 1.29 is 19.4 Å². The van der Waals surface area contributed by atoms with E-state index in [1.165, 1.54) is 7.11 Å². The molecule has 0 fully saturated rings. The Morgan fingerprint density at radius 3 is 2.53 bits per heavy atom. The smallest absolute Gasteiger partial charge is 0.326 e. The van der Waals surface area contributed by atoms with Crippen LogP contribution in [-0.2, 0) is 4.79 Å². The number of carbonyl (C=O) groups is 2. The van der Waals surface area contributed by atoms with E-state index in [2.05, 4.69) is 52.7 Å². The number of aromatic hydroxyl groups is 1. The molecule has 3 N–H and O–H groups in total. The molecule has 4 aromatic rings. The first-order valence-electron chi connectivity index (χ1n) is 10.4. The van der Waals surface area contributed by atoms with Gasteiger partial charge in [0.15, 0.2) is 11.0 Å². The number of anilines is 1. The second kappa shape index (κ2) is 11.6. The van der Waals surface area contributed by atoms with Crippen molar-refractivity contribution in [1.82, 2.24) is 20.1 Å². The minimum absolute atomic E-state index is 0.00471. The number of aromatic nitrogens is 3. The number of hydrogen-bond acceptors (Lipinski definition) is 7. The SMILES string of the molecule is COc1ccccc1NC(=O)NC(=O)CSc1nnc(-c2cc(Br)cc(Br)c2O)n1-c1ccccc1. The topological polar surface area (TPSA) is 118 Å². The van der Waals surface area contributed by atoms with Crippen molar-refractivity contribution in [2.75, 3.05) is 18.2 Å². The molecule has 3 amide bonds. The highest BCUT2D eigenvalue weighted by atomic mass is 79.9. The van der Waals surface area contributed by atoms with E-state index in [9.17, 15) is 14.7 Å². The van der Waals surface area contributed by atoms with Crippen molar-refractivity contribution >= 4 is 61.2 Å². The minimum atomic E-state index is -0.681. The van der Waals surface area contributed by atoms with Crippen molar-refractivity contribution in [3.05, 3.63) is 75.7 Å². The Morgan fingerprint density at radius 1 is 1.06 bits per heavy atom. The largest absolute Gasteiger partial charge is 0.506 e. The number of phenolic OH excluding ortho intramolecular Hbond substituents is 1. The number of ether oxygens (including phenoxy) is 1. The van der Waals surface area contributed by atoms with Crippen LogP contribution < -0.4 is 15.4 Å². The molecule has 4 rings (SSSR count). The number of phenols is 1. The monoisotopic (exact) mass is 631 g/mol. The Bertz CT molecular complexity index is 1420. The van der Waals surface area contributed by atoms with Crippen LogP contribution in [0, 0.1) is 0 Å². The minimum Gasteiger partial charge on any atom is -0.506 e. The highest BCUT2D eigenvalue weighted by Crippen LogP contribution is 2.39. The average Bonchev–Trinajstić information content (AvgIpc) is 3.29. The standard InChI is InChI=1S/C24H19Br2N5O4S/c1-35-19-10-6-5-9-18(19)27-23(34)28-20(32)13-36-24-30-29-22(31(24)15-7-3-2-4-8-15)16-11-14(25)12-17(26)21(16)33/h2-12,33H,13H2,1H3,(H2,27,28,32,34). The first-order chi connectivity index (χ1) is 17.4. The number of rotatable bonds is 7. The number of halogens is 2. The molecular formula is C24H19Br2N5O4S. The lowest BCUT2D eigenvalue weighted by atomic mass is 10.2. The lowest BCUT2D eigenvalue weighted by Gasteiger charge is -2.12. The van der Waals surface area contributed by atoms with Crippen LogP contribution in [0.5, 0.6) is 11.5 Å². The molecular weight excluding hydrogens is 614 g/mol. The Morgan fingerprint density at radius 2 is 1.78 bits per heavy atom. The van der Waals surface area contributed by atoms with Crippen LogP contribution in [0.15, 0.2) is 80.8 Å². The summed E-state index contributed by atoms with van der Waals surface area (Å²) in [5.74, 6) is 0.242. The lowest BCUT2D eigenvalue weighted by Crippen LogP contribution is -2.35. The Balaban J connectivity index is 1.54. The van der Waals surface area contributed by atoms with Crippen molar-refractivity contribution in [1.29, 1.82) is 0 Å². The number of carbonyl (C=O) groups excluding carboxylic acids is 2. The molecule has 1 heterocycles. The number of urea groups is 1. The van der Waals surface area contributed by atoms with E-state index in [0.717, 1.165) is 21.9 Å². The summed E-state index contributed by atoms with van der Waals surface area (Å²) < 4.78 is 8.16. The molecule has 0 aliphatic carbocycles. The zero-order chi connectivity index (χ0) is 25.7. The molecule has 1 aromatic heterocycles. The van der Waals surface area contributed by atoms with Crippen molar-refractivity contribution in [2.24, 2.45) is 0 Å². The van der Waals surface area contributed by atoms with Gasteiger partial charge in [-0.15, -0.1) is 10.2 Å². The number of benzene rings is 3. The van der Waals surface area contributed by atoms with Crippen molar-refractivity contribution in [3.8, 4) is 28.6 Å². The van der Waals surface area contributed by atoms with Crippen LogP contribution in [0.2, 0.25) is 0 Å². The summed E-state index contributed by atoms with van der Waals surface area (Å²) in [7, 11) is 1.49. The highest BCUT2D eigenvalue weighted by molar-refractivity contribution is 9.11. The van der Waals surface area contributed by atoms with Gasteiger partial charge >= 0.3 is 6.03 Å². The molecule has 0 spiro atoms. The molecule has 12 heteroatoms. The van der Waals surface area contributed by atoms with E-state index in [1.807, 2.05) is 30.3 Å². The summed E-state index contributed by atoms with van der Waals surface area (Å²) in [6.45, 7) is 0. The number of amides is 3. The molecule has 36 heavy (non-hydrogen) atoms. The van der Waals surface area contributed by atoms with Crippen molar-refractivity contribution in [2.45, 2.75) is 5.16 Å². The molecule has 3 aromatic carbocycles. The van der Waals surface area contributed by atoms with Gasteiger partial charge in [0.2, 0.25) is 5.91 Å². The van der Waals surface area contributed by atoms with Gasteiger partial charge in [0, 0.05) is 10.2 Å². The quantitative estimate of drug-likeness (QED) is 0.227. The van der Waals surface area contributed by atoms with Crippen LogP contribution in [-0.4, -0.2) is 44.7 Å². The van der Waals surface area contributed by atoms with Gasteiger partial charge in [0.25, 0.3) is 0 Å². The molecule has 0 aliphatic heterocycles. The van der Waals surface area contributed by atoms with E-state index in [1.54, 1.807) is 41.0 Å². The van der Waals surface area contributed by atoms with Gasteiger partial charge in [-0.2, -0.15) is 0 Å². The Labute approximate surface area is 227 Å². The zero-order valence-corrected chi connectivity index (χ0v) is 22.7. The summed E-state index contributed by atoms with van der Waals surface area (Å²) >= 11 is 7.88. The second-order valence-corrected chi connectivity index (χ2v) is 9.96.